The molecule has 1 aromatic heterocycles. The van der Waals surface area contributed by atoms with Crippen LogP contribution in [-0.4, -0.2) is 22.9 Å². The van der Waals surface area contributed by atoms with Gasteiger partial charge >= 0.3 is 6.03 Å². The van der Waals surface area contributed by atoms with Crippen molar-refractivity contribution in [1.82, 2.24) is 9.78 Å². The lowest BCUT2D eigenvalue weighted by Gasteiger charge is -2.08. The van der Waals surface area contributed by atoms with Gasteiger partial charge in [0.05, 0.1) is 24.0 Å². The maximum atomic E-state index is 11.7. The van der Waals surface area contributed by atoms with Gasteiger partial charge in [-0.25, -0.2) is 4.79 Å². The number of aryl methyl sites for hydroxylation is 1. The third kappa shape index (κ3) is 3.38. The zero-order valence-electron chi connectivity index (χ0n) is 10.5. The topological polar surface area (TPSA) is 68.2 Å². The second-order valence-corrected chi connectivity index (χ2v) is 4.24. The van der Waals surface area contributed by atoms with Gasteiger partial charge in [0.25, 0.3) is 0 Å². The predicted octanol–water partition coefficient (Wildman–Crippen LogP) is 2.73. The summed E-state index contributed by atoms with van der Waals surface area (Å²) in [7, 11) is 3.29. The number of ether oxygens (including phenoxy) is 1. The van der Waals surface area contributed by atoms with E-state index in [0.717, 1.165) is 0 Å². The molecule has 0 aliphatic heterocycles. The molecule has 2 rings (SSSR count). The average molecular weight is 281 g/mol. The molecule has 0 aliphatic rings. The number of carbonyl (C=O) groups excluding carboxylic acids is 1. The Balaban J connectivity index is 2.02. The Morgan fingerprint density at radius 2 is 2.11 bits per heavy atom. The molecule has 0 spiro atoms. The maximum Gasteiger partial charge on any atom is 0.323 e. The molecule has 0 bridgehead atoms. The molecule has 6 nitrogen and oxygen atoms in total. The van der Waals surface area contributed by atoms with Crippen LogP contribution in [0.4, 0.5) is 16.2 Å². The fraction of sp³-hybridized carbons (Fsp3) is 0.167. The fourth-order valence-electron chi connectivity index (χ4n) is 1.52. The molecule has 0 atom stereocenters. The van der Waals surface area contributed by atoms with Crippen LogP contribution in [0.25, 0.3) is 0 Å². The average Bonchev–Trinajstić information content (AvgIpc) is 2.77. The smallest absolute Gasteiger partial charge is 0.323 e. The first-order valence-electron chi connectivity index (χ1n) is 5.48. The van der Waals surface area contributed by atoms with E-state index in [2.05, 4.69) is 15.7 Å². The fourth-order valence-corrected chi connectivity index (χ4v) is 1.71. The van der Waals surface area contributed by atoms with E-state index in [0.29, 0.717) is 22.1 Å². The van der Waals surface area contributed by atoms with E-state index in [4.69, 9.17) is 16.3 Å². The number of nitrogens with one attached hydrogen (secondary N) is 2. The number of anilines is 2. The van der Waals surface area contributed by atoms with Crippen LogP contribution in [0.3, 0.4) is 0 Å². The van der Waals surface area contributed by atoms with Gasteiger partial charge in [0.2, 0.25) is 0 Å². The third-order valence-corrected chi connectivity index (χ3v) is 2.68. The first-order valence-corrected chi connectivity index (χ1v) is 5.86. The van der Waals surface area contributed by atoms with E-state index >= 15 is 0 Å². The molecule has 2 aromatic rings. The van der Waals surface area contributed by atoms with Crippen molar-refractivity contribution in [3.63, 3.8) is 0 Å². The summed E-state index contributed by atoms with van der Waals surface area (Å²) in [5.41, 5.74) is 1.20. The Morgan fingerprint density at radius 3 is 2.74 bits per heavy atom. The Morgan fingerprint density at radius 1 is 1.37 bits per heavy atom. The maximum absolute atomic E-state index is 11.7. The number of amides is 2. The molecule has 1 heterocycles. The van der Waals surface area contributed by atoms with Crippen LogP contribution in [0, 0.1) is 0 Å². The van der Waals surface area contributed by atoms with E-state index < -0.39 is 0 Å². The van der Waals surface area contributed by atoms with Gasteiger partial charge in [-0.2, -0.15) is 5.10 Å². The minimum Gasteiger partial charge on any atom is -0.495 e. The molecule has 0 radical (unpaired) electrons. The van der Waals surface area contributed by atoms with Crippen LogP contribution < -0.4 is 15.4 Å². The van der Waals surface area contributed by atoms with Crippen LogP contribution in [0.1, 0.15) is 0 Å². The molecule has 100 valence electrons. The molecule has 0 fully saturated rings. The minimum absolute atomic E-state index is 0.364. The Kier molecular flexibility index (Phi) is 3.91. The van der Waals surface area contributed by atoms with Crippen LogP contribution in [0.5, 0.6) is 5.75 Å². The number of aromatic nitrogens is 2. The van der Waals surface area contributed by atoms with Crippen molar-refractivity contribution in [1.29, 1.82) is 0 Å². The number of nitrogens with zero attached hydrogens (tertiary/aromatic N) is 2. The van der Waals surface area contributed by atoms with Crippen molar-refractivity contribution in [2.45, 2.75) is 0 Å². The summed E-state index contributed by atoms with van der Waals surface area (Å²) in [5, 5.41) is 9.77. The molecular weight excluding hydrogens is 268 g/mol. The first-order chi connectivity index (χ1) is 9.08. The number of carbonyl (C=O) groups is 1. The molecule has 19 heavy (non-hydrogen) atoms. The number of methoxy groups -OCH3 is 1. The van der Waals surface area contributed by atoms with Crippen molar-refractivity contribution >= 4 is 29.0 Å². The van der Waals surface area contributed by atoms with Crippen LogP contribution in [-0.2, 0) is 7.05 Å². The largest absolute Gasteiger partial charge is 0.495 e. The van der Waals surface area contributed by atoms with Gasteiger partial charge in [-0.3, -0.25) is 4.68 Å². The number of hydrogen-bond acceptors (Lipinski definition) is 3. The highest BCUT2D eigenvalue weighted by atomic mass is 35.5. The summed E-state index contributed by atoms with van der Waals surface area (Å²) < 4.78 is 6.67. The van der Waals surface area contributed by atoms with Gasteiger partial charge in [0, 0.05) is 25.0 Å². The van der Waals surface area contributed by atoms with Gasteiger partial charge in [0.15, 0.2) is 0 Å². The zero-order chi connectivity index (χ0) is 13.8. The highest BCUT2D eigenvalue weighted by molar-refractivity contribution is 6.32. The molecule has 1 aromatic carbocycles. The highest BCUT2D eigenvalue weighted by Gasteiger charge is 2.06. The van der Waals surface area contributed by atoms with Crippen LogP contribution >= 0.6 is 11.6 Å². The standard InChI is InChI=1S/C12H13ClN4O2/c1-17-7-9(6-14-17)16-12(18)15-8-3-4-10(13)11(5-8)19-2/h3-7H,1-2H3,(H2,15,16,18). The molecule has 0 unspecified atom stereocenters. The van der Waals surface area contributed by atoms with Crippen molar-refractivity contribution in [2.24, 2.45) is 7.05 Å². The van der Waals surface area contributed by atoms with Gasteiger partial charge < -0.3 is 15.4 Å². The lowest BCUT2D eigenvalue weighted by molar-refractivity contribution is 0.262. The van der Waals surface area contributed by atoms with Crippen molar-refractivity contribution < 1.29 is 9.53 Å². The summed E-state index contributed by atoms with van der Waals surface area (Å²) in [5.74, 6) is 0.501. The Labute approximate surface area is 115 Å². The second-order valence-electron chi connectivity index (χ2n) is 3.83. The van der Waals surface area contributed by atoms with E-state index in [1.807, 2.05) is 0 Å². The third-order valence-electron chi connectivity index (χ3n) is 2.37. The van der Waals surface area contributed by atoms with Crippen molar-refractivity contribution in [3.8, 4) is 5.75 Å². The molecule has 0 saturated heterocycles. The summed E-state index contributed by atoms with van der Waals surface area (Å²) in [6.07, 6.45) is 3.25. The number of rotatable bonds is 3. The number of benzene rings is 1. The molecule has 2 amide bonds. The summed E-state index contributed by atoms with van der Waals surface area (Å²) >= 11 is 5.90. The predicted molar refractivity (Wildman–Crippen MR) is 73.9 cm³/mol. The Bertz CT molecular complexity index is 597. The Hall–Kier alpha value is -2.21. The monoisotopic (exact) mass is 280 g/mol. The van der Waals surface area contributed by atoms with Gasteiger partial charge in [-0.05, 0) is 12.1 Å². The van der Waals surface area contributed by atoms with Crippen LogP contribution in [0.2, 0.25) is 5.02 Å². The molecule has 2 N–H and O–H groups in total. The SMILES string of the molecule is COc1cc(NC(=O)Nc2cnn(C)c2)ccc1Cl. The van der Waals surface area contributed by atoms with Gasteiger partial charge in [-0.15, -0.1) is 0 Å². The van der Waals surface area contributed by atoms with E-state index in [9.17, 15) is 4.79 Å². The van der Waals surface area contributed by atoms with Crippen molar-refractivity contribution in [3.05, 3.63) is 35.6 Å². The minimum atomic E-state index is -0.364. The number of urea groups is 1. The lowest BCUT2D eigenvalue weighted by Crippen LogP contribution is -2.19. The molecule has 0 aliphatic carbocycles. The molecule has 0 saturated carbocycles. The summed E-state index contributed by atoms with van der Waals surface area (Å²) in [6, 6.07) is 4.62. The number of hydrogen-bond donors (Lipinski definition) is 2. The van der Waals surface area contributed by atoms with Crippen LogP contribution in [0.15, 0.2) is 30.6 Å². The molecule has 7 heteroatoms. The van der Waals surface area contributed by atoms with E-state index in [-0.39, 0.29) is 6.03 Å². The lowest BCUT2D eigenvalue weighted by atomic mass is 10.3. The molecular formula is C12H13ClN4O2. The van der Waals surface area contributed by atoms with E-state index in [1.165, 1.54) is 7.11 Å². The van der Waals surface area contributed by atoms with Gasteiger partial charge in [0.1, 0.15) is 5.75 Å². The second kappa shape index (κ2) is 5.62. The summed E-state index contributed by atoms with van der Waals surface area (Å²) in [4.78, 5) is 11.7. The summed E-state index contributed by atoms with van der Waals surface area (Å²) in [6.45, 7) is 0. The highest BCUT2D eigenvalue weighted by Crippen LogP contribution is 2.27. The number of halogens is 1. The quantitative estimate of drug-likeness (QED) is 0.908. The van der Waals surface area contributed by atoms with Gasteiger partial charge in [-0.1, -0.05) is 11.6 Å². The normalized spacial score (nSPS) is 10.1. The van der Waals surface area contributed by atoms with Crippen molar-refractivity contribution in [2.75, 3.05) is 17.7 Å². The van der Waals surface area contributed by atoms with E-state index in [1.54, 1.807) is 42.3 Å². The zero-order valence-corrected chi connectivity index (χ0v) is 11.2. The first kappa shape index (κ1) is 13.2.